The second-order valence-corrected chi connectivity index (χ2v) is 9.93. The molecule has 1 amide bonds. The monoisotopic (exact) mass is 494 g/mol. The Morgan fingerprint density at radius 1 is 1.00 bits per heavy atom. The van der Waals surface area contributed by atoms with Gasteiger partial charge in [0.1, 0.15) is 17.3 Å². The fourth-order valence-electron chi connectivity index (χ4n) is 4.62. The summed E-state index contributed by atoms with van der Waals surface area (Å²) in [6, 6.07) is 12.1. The summed E-state index contributed by atoms with van der Waals surface area (Å²) < 4.78 is 11.1. The lowest BCUT2D eigenvalue weighted by molar-refractivity contribution is -0.140. The molecule has 0 radical (unpaired) electrons. The predicted octanol–water partition coefficient (Wildman–Crippen LogP) is 4.76. The van der Waals surface area contributed by atoms with Crippen molar-refractivity contribution in [1.29, 1.82) is 0 Å². The van der Waals surface area contributed by atoms with Crippen molar-refractivity contribution in [2.75, 3.05) is 40.4 Å². The smallest absolute Gasteiger partial charge is 0.295 e. The average molecular weight is 495 g/mol. The molecule has 7 heteroatoms. The highest BCUT2D eigenvalue weighted by Crippen LogP contribution is 2.44. The van der Waals surface area contributed by atoms with Crippen LogP contribution in [0.3, 0.4) is 0 Å². The predicted molar refractivity (Wildman–Crippen MR) is 141 cm³/mol. The maximum absolute atomic E-state index is 13.5. The van der Waals surface area contributed by atoms with Crippen LogP contribution < -0.4 is 9.47 Å². The van der Waals surface area contributed by atoms with E-state index in [-0.39, 0.29) is 16.7 Å². The molecule has 2 aromatic rings. The highest BCUT2D eigenvalue weighted by atomic mass is 16.5. The fourth-order valence-corrected chi connectivity index (χ4v) is 4.62. The van der Waals surface area contributed by atoms with Gasteiger partial charge in [0.2, 0.25) is 0 Å². The van der Waals surface area contributed by atoms with Gasteiger partial charge in [0.25, 0.3) is 11.7 Å². The minimum Gasteiger partial charge on any atom is -0.507 e. The van der Waals surface area contributed by atoms with Gasteiger partial charge in [0, 0.05) is 18.7 Å². The third kappa shape index (κ3) is 5.26. The second-order valence-electron chi connectivity index (χ2n) is 9.93. The van der Waals surface area contributed by atoms with Crippen LogP contribution in [-0.2, 0) is 15.0 Å². The highest BCUT2D eigenvalue weighted by molar-refractivity contribution is 6.46. The third-order valence-electron chi connectivity index (χ3n) is 6.85. The van der Waals surface area contributed by atoms with Crippen LogP contribution in [0.4, 0.5) is 0 Å². The third-order valence-corrected chi connectivity index (χ3v) is 6.85. The zero-order valence-electron chi connectivity index (χ0n) is 22.4. The van der Waals surface area contributed by atoms with Crippen LogP contribution in [0.25, 0.3) is 5.76 Å². The number of amides is 1. The average Bonchev–Trinajstić information content (AvgIpc) is 3.12. The quantitative estimate of drug-likeness (QED) is 0.308. The Hall–Kier alpha value is -3.32. The number of hydrogen-bond donors (Lipinski definition) is 1. The Balaban J connectivity index is 2.25. The normalized spacial score (nSPS) is 17.7. The molecule has 0 spiro atoms. The number of carbonyl (C=O) groups is 2. The molecule has 36 heavy (non-hydrogen) atoms. The molecule has 1 saturated heterocycles. The number of aliphatic hydroxyl groups is 1. The maximum Gasteiger partial charge on any atom is 0.295 e. The topological polar surface area (TPSA) is 79.3 Å². The lowest BCUT2D eigenvalue weighted by Crippen LogP contribution is -2.38. The van der Waals surface area contributed by atoms with Crippen molar-refractivity contribution in [2.24, 2.45) is 0 Å². The van der Waals surface area contributed by atoms with E-state index in [1.165, 1.54) is 7.11 Å². The minimum absolute atomic E-state index is 0.0356. The molecule has 1 atom stereocenters. The van der Waals surface area contributed by atoms with Crippen molar-refractivity contribution in [3.8, 4) is 11.5 Å². The van der Waals surface area contributed by atoms with Crippen molar-refractivity contribution in [1.82, 2.24) is 9.80 Å². The van der Waals surface area contributed by atoms with E-state index >= 15 is 0 Å². The summed E-state index contributed by atoms with van der Waals surface area (Å²) >= 11 is 0. The number of benzene rings is 2. The molecule has 7 nitrogen and oxygen atoms in total. The number of likely N-dealkylation sites (N-methyl/N-ethyl adjacent to an activating group) is 1. The first-order chi connectivity index (χ1) is 17.1. The first-order valence-corrected chi connectivity index (χ1v) is 12.4. The summed E-state index contributed by atoms with van der Waals surface area (Å²) in [7, 11) is 3.07. The summed E-state index contributed by atoms with van der Waals surface area (Å²) in [5.74, 6) is -0.638. The molecule has 1 unspecified atom stereocenters. The summed E-state index contributed by atoms with van der Waals surface area (Å²) in [6.07, 6.45) is 0. The minimum atomic E-state index is -0.792. The summed E-state index contributed by atoms with van der Waals surface area (Å²) in [6.45, 7) is 12.9. The first-order valence-electron chi connectivity index (χ1n) is 12.4. The number of Topliss-reactive ketones (excluding diaryl/α,β-unsaturated/α-hetero) is 1. The zero-order chi connectivity index (χ0) is 26.6. The van der Waals surface area contributed by atoms with Crippen LogP contribution in [0.5, 0.6) is 11.5 Å². The van der Waals surface area contributed by atoms with Gasteiger partial charge < -0.3 is 24.4 Å². The van der Waals surface area contributed by atoms with E-state index < -0.39 is 17.7 Å². The van der Waals surface area contributed by atoms with Gasteiger partial charge in [-0.15, -0.1) is 0 Å². The number of ketones is 1. The van der Waals surface area contributed by atoms with Crippen molar-refractivity contribution in [3.63, 3.8) is 0 Å². The van der Waals surface area contributed by atoms with E-state index in [1.54, 1.807) is 24.1 Å². The molecule has 1 fully saturated rings. The number of rotatable bonds is 9. The van der Waals surface area contributed by atoms with Gasteiger partial charge in [-0.2, -0.15) is 0 Å². The number of likely N-dealkylation sites (tertiary alicyclic amines) is 1. The van der Waals surface area contributed by atoms with Gasteiger partial charge in [-0.1, -0.05) is 58.9 Å². The SMILES string of the molecule is CCN(CC)CCN1C(=O)C(=O)/C(=C(/O)c2cc(C(C)(C)C)ccc2OC)C1c1ccccc1OC. The number of para-hydroxylation sites is 1. The number of carbonyl (C=O) groups excluding carboxylic acids is 2. The van der Waals surface area contributed by atoms with Crippen molar-refractivity contribution < 1.29 is 24.2 Å². The fraction of sp³-hybridized carbons (Fsp3) is 0.448. The molecule has 194 valence electrons. The van der Waals surface area contributed by atoms with Crippen LogP contribution in [0, 0.1) is 0 Å². The van der Waals surface area contributed by atoms with Crippen LogP contribution in [0.1, 0.15) is 57.4 Å². The van der Waals surface area contributed by atoms with E-state index in [4.69, 9.17) is 9.47 Å². The van der Waals surface area contributed by atoms with Crippen LogP contribution in [0.15, 0.2) is 48.0 Å². The standard InChI is InChI=1S/C29H38N2O5/c1-8-30(9-2)16-17-31-25(20-12-10-11-13-22(20)35-6)24(27(33)28(31)34)26(32)21-18-19(29(3,4)5)14-15-23(21)36-7/h10-15,18,25,32H,8-9,16-17H2,1-7H3/b26-24+. The Morgan fingerprint density at radius 2 is 1.64 bits per heavy atom. The maximum atomic E-state index is 13.5. The number of methoxy groups -OCH3 is 2. The molecular weight excluding hydrogens is 456 g/mol. The lowest BCUT2D eigenvalue weighted by Gasteiger charge is -2.29. The van der Waals surface area contributed by atoms with Crippen molar-refractivity contribution in [3.05, 3.63) is 64.7 Å². The van der Waals surface area contributed by atoms with Crippen LogP contribution in [-0.4, -0.2) is 67.0 Å². The van der Waals surface area contributed by atoms with Gasteiger partial charge in [-0.05, 0) is 42.3 Å². The number of aliphatic hydroxyl groups excluding tert-OH is 1. The molecule has 0 saturated carbocycles. The molecule has 1 aliphatic heterocycles. The van der Waals surface area contributed by atoms with E-state index in [9.17, 15) is 14.7 Å². The van der Waals surface area contributed by atoms with Gasteiger partial charge in [-0.25, -0.2) is 0 Å². The van der Waals surface area contributed by atoms with Crippen molar-refractivity contribution >= 4 is 17.4 Å². The van der Waals surface area contributed by atoms with E-state index in [0.29, 0.717) is 35.7 Å². The molecule has 2 aromatic carbocycles. The van der Waals surface area contributed by atoms with Gasteiger partial charge in [0.15, 0.2) is 0 Å². The van der Waals surface area contributed by atoms with Gasteiger partial charge in [0.05, 0.1) is 31.4 Å². The Labute approximate surface area is 214 Å². The number of nitrogens with zero attached hydrogens (tertiary/aromatic N) is 2. The van der Waals surface area contributed by atoms with E-state index in [1.807, 2.05) is 30.3 Å². The molecule has 1 aliphatic rings. The first kappa shape index (κ1) is 27.3. The van der Waals surface area contributed by atoms with Gasteiger partial charge >= 0.3 is 0 Å². The molecule has 1 heterocycles. The van der Waals surface area contributed by atoms with Crippen molar-refractivity contribution in [2.45, 2.75) is 46.1 Å². The number of ether oxygens (including phenoxy) is 2. The van der Waals surface area contributed by atoms with E-state index in [2.05, 4.69) is 39.5 Å². The molecule has 0 aliphatic carbocycles. The molecule has 0 bridgehead atoms. The number of hydrogen-bond acceptors (Lipinski definition) is 6. The van der Waals surface area contributed by atoms with E-state index in [0.717, 1.165) is 18.7 Å². The van der Waals surface area contributed by atoms with Gasteiger partial charge in [-0.3, -0.25) is 9.59 Å². The molecule has 0 aromatic heterocycles. The summed E-state index contributed by atoms with van der Waals surface area (Å²) in [5, 5.41) is 11.6. The van der Waals surface area contributed by atoms with Crippen LogP contribution >= 0.6 is 0 Å². The van der Waals surface area contributed by atoms with Crippen LogP contribution in [0.2, 0.25) is 0 Å². The second kappa shape index (κ2) is 11.2. The molecular formula is C29H38N2O5. The lowest BCUT2D eigenvalue weighted by atomic mass is 9.85. The largest absolute Gasteiger partial charge is 0.507 e. The Morgan fingerprint density at radius 3 is 2.22 bits per heavy atom. The Bertz CT molecular complexity index is 1140. The highest BCUT2D eigenvalue weighted by Gasteiger charge is 2.47. The summed E-state index contributed by atoms with van der Waals surface area (Å²) in [4.78, 5) is 30.6. The zero-order valence-corrected chi connectivity index (χ0v) is 22.4. The Kier molecular flexibility index (Phi) is 8.46. The molecule has 1 N–H and O–H groups in total. The summed E-state index contributed by atoms with van der Waals surface area (Å²) in [5.41, 5.74) is 1.83. The molecule has 3 rings (SSSR count).